The smallest absolute Gasteiger partial charge is 0.244 e. The van der Waals surface area contributed by atoms with Gasteiger partial charge in [0.25, 0.3) is 0 Å². The monoisotopic (exact) mass is 431 g/mol. The van der Waals surface area contributed by atoms with Crippen molar-refractivity contribution in [3.05, 3.63) is 53.3 Å². The highest BCUT2D eigenvalue weighted by atomic mass is 35.5. The molecule has 3 rings (SSSR count). The van der Waals surface area contributed by atoms with E-state index in [1.54, 1.807) is 24.4 Å². The van der Waals surface area contributed by atoms with Gasteiger partial charge in [-0.2, -0.15) is 0 Å². The molecular formula is C19H24Cl3N3O2. The van der Waals surface area contributed by atoms with Gasteiger partial charge in [-0.15, -0.1) is 24.8 Å². The van der Waals surface area contributed by atoms with Crippen LogP contribution in [0.3, 0.4) is 0 Å². The first kappa shape index (κ1) is 23.5. The lowest BCUT2D eigenvalue weighted by atomic mass is 9.82. The minimum absolute atomic E-state index is 0. The highest BCUT2D eigenvalue weighted by molar-refractivity contribution is 6.32. The molecule has 8 heteroatoms. The first-order valence-electron chi connectivity index (χ1n) is 8.49. The molecule has 1 aliphatic carbocycles. The lowest BCUT2D eigenvalue weighted by Crippen LogP contribution is -2.52. The van der Waals surface area contributed by atoms with E-state index in [2.05, 4.69) is 10.3 Å². The van der Waals surface area contributed by atoms with Crippen LogP contribution < -0.4 is 15.8 Å². The number of anilines is 1. The predicted molar refractivity (Wildman–Crippen MR) is 113 cm³/mol. The summed E-state index contributed by atoms with van der Waals surface area (Å²) in [4.78, 5) is 16.7. The van der Waals surface area contributed by atoms with Gasteiger partial charge in [-0.05, 0) is 43.2 Å². The highest BCUT2D eigenvalue weighted by Gasteiger charge is 2.35. The molecule has 2 aromatic rings. The number of benzene rings is 1. The second-order valence-corrected chi connectivity index (χ2v) is 6.83. The molecule has 27 heavy (non-hydrogen) atoms. The van der Waals surface area contributed by atoms with Crippen LogP contribution in [0, 0.1) is 0 Å². The van der Waals surface area contributed by atoms with Gasteiger partial charge in [0.15, 0.2) is 0 Å². The SMILES string of the molecule is Cl.Cl.NC1(C(=O)Nc2ccc(OCc3ccccn3)c(Cl)c2)CCCCC1. The van der Waals surface area contributed by atoms with Crippen LogP contribution in [0.2, 0.25) is 5.02 Å². The zero-order valence-electron chi connectivity index (χ0n) is 14.8. The zero-order valence-corrected chi connectivity index (χ0v) is 17.2. The zero-order chi connectivity index (χ0) is 17.7. The minimum atomic E-state index is -0.779. The number of nitrogens with zero attached hydrogens (tertiary/aromatic N) is 1. The molecule has 0 spiro atoms. The van der Waals surface area contributed by atoms with Crippen molar-refractivity contribution in [1.82, 2.24) is 4.98 Å². The number of rotatable bonds is 5. The molecule has 0 radical (unpaired) electrons. The number of hydrogen-bond acceptors (Lipinski definition) is 4. The van der Waals surface area contributed by atoms with Crippen LogP contribution in [0.4, 0.5) is 5.69 Å². The van der Waals surface area contributed by atoms with E-state index >= 15 is 0 Å². The summed E-state index contributed by atoms with van der Waals surface area (Å²) in [7, 11) is 0. The van der Waals surface area contributed by atoms with E-state index in [1.807, 2.05) is 18.2 Å². The van der Waals surface area contributed by atoms with Gasteiger partial charge in [0.1, 0.15) is 12.4 Å². The van der Waals surface area contributed by atoms with Crippen molar-refractivity contribution < 1.29 is 9.53 Å². The van der Waals surface area contributed by atoms with Gasteiger partial charge in [0.2, 0.25) is 5.91 Å². The van der Waals surface area contributed by atoms with Gasteiger partial charge < -0.3 is 15.8 Å². The lowest BCUT2D eigenvalue weighted by molar-refractivity contribution is -0.122. The maximum atomic E-state index is 12.5. The van der Waals surface area contributed by atoms with Gasteiger partial charge in [-0.3, -0.25) is 9.78 Å². The topological polar surface area (TPSA) is 77.2 Å². The number of aromatic nitrogens is 1. The molecule has 0 saturated heterocycles. The van der Waals surface area contributed by atoms with E-state index < -0.39 is 5.54 Å². The molecule has 0 atom stereocenters. The Morgan fingerprint density at radius 3 is 2.56 bits per heavy atom. The summed E-state index contributed by atoms with van der Waals surface area (Å²) in [6, 6.07) is 10.8. The average Bonchev–Trinajstić information content (AvgIpc) is 2.62. The summed E-state index contributed by atoms with van der Waals surface area (Å²) in [5.74, 6) is 0.399. The van der Waals surface area contributed by atoms with Crippen LogP contribution in [-0.4, -0.2) is 16.4 Å². The Balaban J connectivity index is 0.00000182. The van der Waals surface area contributed by atoms with Crippen molar-refractivity contribution in [2.45, 2.75) is 44.2 Å². The fraction of sp³-hybridized carbons (Fsp3) is 0.368. The number of ether oxygens (including phenoxy) is 1. The fourth-order valence-electron chi connectivity index (χ4n) is 3.00. The van der Waals surface area contributed by atoms with Crippen molar-refractivity contribution in [2.24, 2.45) is 5.73 Å². The number of carbonyl (C=O) groups is 1. The van der Waals surface area contributed by atoms with Crippen molar-refractivity contribution >= 4 is 48.0 Å². The number of pyridine rings is 1. The van der Waals surface area contributed by atoms with Crippen LogP contribution >= 0.6 is 36.4 Å². The maximum absolute atomic E-state index is 12.5. The number of halogens is 3. The number of carbonyl (C=O) groups excluding carboxylic acids is 1. The molecule has 0 bridgehead atoms. The molecular weight excluding hydrogens is 409 g/mol. The fourth-order valence-corrected chi connectivity index (χ4v) is 3.23. The van der Waals surface area contributed by atoms with Crippen molar-refractivity contribution in [3.8, 4) is 5.75 Å². The molecule has 1 heterocycles. The summed E-state index contributed by atoms with van der Waals surface area (Å²) in [6.07, 6.45) is 6.28. The van der Waals surface area contributed by atoms with E-state index in [4.69, 9.17) is 22.1 Å². The number of nitrogens with two attached hydrogens (primary N) is 1. The molecule has 1 amide bonds. The van der Waals surface area contributed by atoms with Gasteiger partial charge in [0.05, 0.1) is 16.3 Å². The Labute approximate surface area is 176 Å². The molecule has 0 aliphatic heterocycles. The second kappa shape index (κ2) is 10.7. The summed E-state index contributed by atoms with van der Waals surface area (Å²) in [5.41, 5.74) is 6.91. The lowest BCUT2D eigenvalue weighted by Gasteiger charge is -2.31. The van der Waals surface area contributed by atoms with Crippen LogP contribution in [0.1, 0.15) is 37.8 Å². The van der Waals surface area contributed by atoms with E-state index in [9.17, 15) is 4.79 Å². The third-order valence-corrected chi connectivity index (χ3v) is 4.78. The summed E-state index contributed by atoms with van der Waals surface area (Å²) in [6.45, 7) is 0.332. The van der Waals surface area contributed by atoms with Crippen LogP contribution in [0.25, 0.3) is 0 Å². The Bertz CT molecular complexity index is 738. The van der Waals surface area contributed by atoms with Crippen molar-refractivity contribution in [1.29, 1.82) is 0 Å². The molecule has 1 aliphatic rings. The molecule has 1 fully saturated rings. The van der Waals surface area contributed by atoms with E-state index in [-0.39, 0.29) is 30.7 Å². The van der Waals surface area contributed by atoms with Crippen LogP contribution in [0.15, 0.2) is 42.6 Å². The maximum Gasteiger partial charge on any atom is 0.244 e. The third-order valence-electron chi connectivity index (χ3n) is 4.49. The Morgan fingerprint density at radius 1 is 1.19 bits per heavy atom. The van der Waals surface area contributed by atoms with Gasteiger partial charge >= 0.3 is 0 Å². The molecule has 148 valence electrons. The van der Waals surface area contributed by atoms with E-state index in [1.165, 1.54) is 0 Å². The van der Waals surface area contributed by atoms with Gasteiger partial charge in [0, 0.05) is 11.9 Å². The third kappa shape index (κ3) is 6.25. The van der Waals surface area contributed by atoms with Crippen molar-refractivity contribution in [2.75, 3.05) is 5.32 Å². The molecule has 1 aromatic carbocycles. The number of amides is 1. The quantitative estimate of drug-likeness (QED) is 0.714. The Kier molecular flexibility index (Phi) is 9.33. The minimum Gasteiger partial charge on any atom is -0.486 e. The molecule has 1 aromatic heterocycles. The Hall–Kier alpha value is -1.53. The number of hydrogen-bond donors (Lipinski definition) is 2. The summed E-state index contributed by atoms with van der Waals surface area (Å²) in [5, 5.41) is 3.31. The first-order chi connectivity index (χ1) is 12.1. The Morgan fingerprint density at radius 2 is 1.93 bits per heavy atom. The largest absolute Gasteiger partial charge is 0.486 e. The molecule has 0 unspecified atom stereocenters. The average molecular weight is 433 g/mol. The summed E-state index contributed by atoms with van der Waals surface area (Å²) < 4.78 is 5.69. The standard InChI is InChI=1S/C19H22ClN3O2.2ClH/c20-16-12-14(23-18(24)19(21)9-3-1-4-10-19)7-8-17(16)25-13-15-6-2-5-11-22-15;;/h2,5-8,11-12H,1,3-4,9-10,13,21H2,(H,23,24);2*1H. The van der Waals surface area contributed by atoms with Crippen molar-refractivity contribution in [3.63, 3.8) is 0 Å². The van der Waals surface area contributed by atoms with Gasteiger partial charge in [-0.1, -0.05) is 36.9 Å². The molecule has 3 N–H and O–H groups in total. The van der Waals surface area contributed by atoms with Gasteiger partial charge in [-0.25, -0.2) is 0 Å². The second-order valence-electron chi connectivity index (χ2n) is 6.43. The first-order valence-corrected chi connectivity index (χ1v) is 8.87. The normalized spacial score (nSPS) is 15.0. The predicted octanol–water partition coefficient (Wildman–Crippen LogP) is 4.76. The molecule has 5 nitrogen and oxygen atoms in total. The summed E-state index contributed by atoms with van der Waals surface area (Å²) >= 11 is 6.27. The highest BCUT2D eigenvalue weighted by Crippen LogP contribution is 2.30. The van der Waals surface area contributed by atoms with Crippen LogP contribution in [-0.2, 0) is 11.4 Å². The molecule has 1 saturated carbocycles. The number of nitrogens with one attached hydrogen (secondary N) is 1. The van der Waals surface area contributed by atoms with E-state index in [0.717, 1.165) is 37.8 Å². The van der Waals surface area contributed by atoms with Crippen LogP contribution in [0.5, 0.6) is 5.75 Å². The van der Waals surface area contributed by atoms with E-state index in [0.29, 0.717) is 23.1 Å².